The van der Waals surface area contributed by atoms with Gasteiger partial charge in [0.1, 0.15) is 25.1 Å². The molecule has 0 aliphatic carbocycles. The van der Waals surface area contributed by atoms with E-state index in [0.29, 0.717) is 12.1 Å². The smallest absolute Gasteiger partial charge is 0.137 e. The fourth-order valence-electron chi connectivity index (χ4n) is 1.43. The minimum Gasteiger partial charge on any atom is -0.384 e. The maximum atomic E-state index is 13.1. The van der Waals surface area contributed by atoms with Gasteiger partial charge >= 0.3 is 0 Å². The van der Waals surface area contributed by atoms with Gasteiger partial charge in [0, 0.05) is 5.56 Å². The molecule has 5 heteroatoms. The molecule has 0 bridgehead atoms. The Bertz CT molecular complexity index is 555. The standard InChI is InChI=1S/C12H10FN3O/c13-12-4-3-11(7-16-9-14-8-15-16)10(6-12)2-1-5-17/h3-4,6,8-9,17H,5,7H2. The highest BCUT2D eigenvalue weighted by Gasteiger charge is 2.03. The molecule has 1 aromatic heterocycles. The van der Waals surface area contributed by atoms with Crippen molar-refractivity contribution in [3.63, 3.8) is 0 Å². The lowest BCUT2D eigenvalue weighted by Crippen LogP contribution is -2.02. The molecule has 0 saturated heterocycles. The third-order valence-corrected chi connectivity index (χ3v) is 2.17. The van der Waals surface area contributed by atoms with E-state index in [1.807, 2.05) is 0 Å². The van der Waals surface area contributed by atoms with E-state index < -0.39 is 0 Å². The summed E-state index contributed by atoms with van der Waals surface area (Å²) < 4.78 is 14.7. The van der Waals surface area contributed by atoms with Crippen molar-refractivity contribution in [1.29, 1.82) is 0 Å². The van der Waals surface area contributed by atoms with Crippen molar-refractivity contribution >= 4 is 0 Å². The Morgan fingerprint density at radius 2 is 2.29 bits per heavy atom. The summed E-state index contributed by atoms with van der Waals surface area (Å²) in [6, 6.07) is 4.36. The summed E-state index contributed by atoms with van der Waals surface area (Å²) in [5.41, 5.74) is 1.38. The van der Waals surface area contributed by atoms with Crippen molar-refractivity contribution < 1.29 is 9.50 Å². The SMILES string of the molecule is OCC#Cc1cc(F)ccc1Cn1cncn1. The first-order valence-electron chi connectivity index (χ1n) is 5.00. The third-order valence-electron chi connectivity index (χ3n) is 2.17. The van der Waals surface area contributed by atoms with Crippen LogP contribution >= 0.6 is 0 Å². The zero-order chi connectivity index (χ0) is 12.1. The van der Waals surface area contributed by atoms with E-state index in [1.54, 1.807) is 17.1 Å². The number of rotatable bonds is 2. The predicted molar refractivity (Wildman–Crippen MR) is 59.5 cm³/mol. The van der Waals surface area contributed by atoms with Gasteiger partial charge < -0.3 is 5.11 Å². The maximum absolute atomic E-state index is 13.1. The Balaban J connectivity index is 2.32. The Hall–Kier alpha value is -2.19. The number of benzene rings is 1. The van der Waals surface area contributed by atoms with Crippen molar-refractivity contribution in [2.24, 2.45) is 0 Å². The largest absolute Gasteiger partial charge is 0.384 e. The zero-order valence-corrected chi connectivity index (χ0v) is 8.97. The Morgan fingerprint density at radius 3 is 3.00 bits per heavy atom. The first kappa shape index (κ1) is 11.3. The number of aromatic nitrogens is 3. The molecule has 0 amide bonds. The van der Waals surface area contributed by atoms with Gasteiger partial charge in [-0.25, -0.2) is 14.1 Å². The van der Waals surface area contributed by atoms with Crippen LogP contribution in [0, 0.1) is 17.7 Å². The molecular weight excluding hydrogens is 221 g/mol. The molecule has 0 radical (unpaired) electrons. The van der Waals surface area contributed by atoms with Gasteiger partial charge in [-0.2, -0.15) is 5.10 Å². The molecule has 0 saturated carbocycles. The van der Waals surface area contributed by atoms with E-state index in [-0.39, 0.29) is 12.4 Å². The van der Waals surface area contributed by atoms with Crippen LogP contribution in [0.5, 0.6) is 0 Å². The Morgan fingerprint density at radius 1 is 1.41 bits per heavy atom. The molecule has 17 heavy (non-hydrogen) atoms. The van der Waals surface area contributed by atoms with Crippen LogP contribution in [0.1, 0.15) is 11.1 Å². The van der Waals surface area contributed by atoms with E-state index in [9.17, 15) is 4.39 Å². The summed E-state index contributed by atoms with van der Waals surface area (Å²) in [7, 11) is 0. The molecule has 0 spiro atoms. The van der Waals surface area contributed by atoms with Crippen molar-refractivity contribution in [1.82, 2.24) is 14.8 Å². The van der Waals surface area contributed by atoms with Gasteiger partial charge in [0.25, 0.3) is 0 Å². The lowest BCUT2D eigenvalue weighted by molar-refractivity contribution is 0.350. The first-order chi connectivity index (χ1) is 8.29. The molecule has 1 aromatic carbocycles. The van der Waals surface area contributed by atoms with Gasteiger partial charge in [-0.15, -0.1) is 0 Å². The highest BCUT2D eigenvalue weighted by molar-refractivity contribution is 5.41. The second-order valence-electron chi connectivity index (χ2n) is 3.35. The second-order valence-corrected chi connectivity index (χ2v) is 3.35. The van der Waals surface area contributed by atoms with Crippen molar-refractivity contribution in [3.8, 4) is 11.8 Å². The number of hydrogen-bond acceptors (Lipinski definition) is 3. The highest BCUT2D eigenvalue weighted by Crippen LogP contribution is 2.11. The topological polar surface area (TPSA) is 50.9 Å². The number of hydrogen-bond donors (Lipinski definition) is 1. The summed E-state index contributed by atoms with van der Waals surface area (Å²) in [5.74, 6) is 4.87. The molecule has 2 aromatic rings. The van der Waals surface area contributed by atoms with Crippen LogP contribution in [0.3, 0.4) is 0 Å². The van der Waals surface area contributed by atoms with Crippen molar-refractivity contribution in [3.05, 3.63) is 47.8 Å². The molecule has 0 unspecified atom stereocenters. The Labute approximate surface area is 97.7 Å². The zero-order valence-electron chi connectivity index (χ0n) is 8.97. The van der Waals surface area contributed by atoms with Gasteiger partial charge in [0.15, 0.2) is 0 Å². The average molecular weight is 231 g/mol. The van der Waals surface area contributed by atoms with Crippen LogP contribution < -0.4 is 0 Å². The van der Waals surface area contributed by atoms with Gasteiger partial charge in [-0.1, -0.05) is 17.9 Å². The second kappa shape index (κ2) is 5.23. The maximum Gasteiger partial charge on any atom is 0.137 e. The summed E-state index contributed by atoms with van der Waals surface area (Å²) in [6.07, 6.45) is 3.01. The molecule has 0 aliphatic rings. The lowest BCUT2D eigenvalue weighted by atomic mass is 10.1. The third kappa shape index (κ3) is 2.89. The summed E-state index contributed by atoms with van der Waals surface area (Å²) in [4.78, 5) is 3.83. The van der Waals surface area contributed by atoms with Crippen molar-refractivity contribution in [2.75, 3.05) is 6.61 Å². The van der Waals surface area contributed by atoms with Gasteiger partial charge in [-0.05, 0) is 17.7 Å². The number of aliphatic hydroxyl groups excluding tert-OH is 1. The van der Waals surface area contributed by atoms with Crippen molar-refractivity contribution in [2.45, 2.75) is 6.54 Å². The molecule has 4 nitrogen and oxygen atoms in total. The van der Waals surface area contributed by atoms with E-state index in [4.69, 9.17) is 5.11 Å². The molecule has 0 fully saturated rings. The van der Waals surface area contributed by atoms with E-state index in [0.717, 1.165) is 5.56 Å². The van der Waals surface area contributed by atoms with Crippen LogP contribution in [0.2, 0.25) is 0 Å². The van der Waals surface area contributed by atoms with Crippen LogP contribution in [0.15, 0.2) is 30.9 Å². The normalized spacial score (nSPS) is 9.76. The van der Waals surface area contributed by atoms with Gasteiger partial charge in [0.05, 0.1) is 6.54 Å². The highest BCUT2D eigenvalue weighted by atomic mass is 19.1. The monoisotopic (exact) mass is 231 g/mol. The number of nitrogens with zero attached hydrogens (tertiary/aromatic N) is 3. The van der Waals surface area contributed by atoms with Crippen LogP contribution in [-0.4, -0.2) is 26.5 Å². The fraction of sp³-hybridized carbons (Fsp3) is 0.167. The Kier molecular flexibility index (Phi) is 3.48. The van der Waals surface area contributed by atoms with Crippen LogP contribution in [0.4, 0.5) is 4.39 Å². The molecule has 1 heterocycles. The predicted octanol–water partition coefficient (Wildman–Crippen LogP) is 0.809. The summed E-state index contributed by atoms with van der Waals surface area (Å²) in [5, 5.41) is 12.6. The number of halogens is 1. The molecule has 2 rings (SSSR count). The van der Waals surface area contributed by atoms with E-state index in [1.165, 1.54) is 18.5 Å². The lowest BCUT2D eigenvalue weighted by Gasteiger charge is -2.04. The average Bonchev–Trinajstić information content (AvgIpc) is 2.82. The van der Waals surface area contributed by atoms with Gasteiger partial charge in [-0.3, -0.25) is 0 Å². The molecule has 0 atom stereocenters. The van der Waals surface area contributed by atoms with Crippen LogP contribution in [0.25, 0.3) is 0 Å². The minimum absolute atomic E-state index is 0.251. The molecular formula is C12H10FN3O. The minimum atomic E-state index is -0.352. The van der Waals surface area contributed by atoms with Crippen LogP contribution in [-0.2, 0) is 6.54 Å². The molecule has 1 N–H and O–H groups in total. The number of aliphatic hydroxyl groups is 1. The summed E-state index contributed by atoms with van der Waals surface area (Å²) in [6.45, 7) is 0.217. The van der Waals surface area contributed by atoms with Gasteiger partial charge in [0.2, 0.25) is 0 Å². The molecule has 86 valence electrons. The summed E-state index contributed by atoms with van der Waals surface area (Å²) >= 11 is 0. The molecule has 0 aliphatic heterocycles. The quantitative estimate of drug-likeness (QED) is 0.778. The fourth-order valence-corrected chi connectivity index (χ4v) is 1.43. The first-order valence-corrected chi connectivity index (χ1v) is 5.00. The van der Waals surface area contributed by atoms with E-state index >= 15 is 0 Å². The van der Waals surface area contributed by atoms with E-state index in [2.05, 4.69) is 21.9 Å².